The summed E-state index contributed by atoms with van der Waals surface area (Å²) < 4.78 is 83.9. The molecule has 0 aliphatic heterocycles. The zero-order chi connectivity index (χ0) is 16.7. The average molecular weight is 368 g/mol. The van der Waals surface area contributed by atoms with E-state index >= 15 is 0 Å². The molecule has 0 saturated carbocycles. The molecule has 0 amide bonds. The molecule has 0 heterocycles. The van der Waals surface area contributed by atoms with Crippen molar-refractivity contribution in [3.05, 3.63) is 0 Å². The summed E-state index contributed by atoms with van der Waals surface area (Å²) in [7, 11) is -11.7. The van der Waals surface area contributed by atoms with Gasteiger partial charge in [0, 0.05) is 19.6 Å². The zero-order valence-electron chi connectivity index (χ0n) is 11.5. The van der Waals surface area contributed by atoms with Crippen LogP contribution in [0.4, 0.5) is 0 Å². The van der Waals surface area contributed by atoms with Gasteiger partial charge in [-0.2, -0.15) is 16.8 Å². The van der Waals surface area contributed by atoms with E-state index < -0.39 is 41.8 Å². The van der Waals surface area contributed by atoms with Crippen molar-refractivity contribution in [1.29, 1.82) is 0 Å². The Kier molecular flexibility index (Phi) is 8.23. The Morgan fingerprint density at radius 1 is 0.857 bits per heavy atom. The molecule has 13 heteroatoms. The summed E-state index contributed by atoms with van der Waals surface area (Å²) in [6, 6.07) is 0. The summed E-state index contributed by atoms with van der Waals surface area (Å²) >= 11 is 0. The molecule has 0 aliphatic carbocycles. The van der Waals surface area contributed by atoms with Gasteiger partial charge in [0.2, 0.25) is 10.0 Å². The van der Waals surface area contributed by atoms with Gasteiger partial charge in [0.25, 0.3) is 20.2 Å². The zero-order valence-corrected chi connectivity index (χ0v) is 13.9. The third-order valence-electron chi connectivity index (χ3n) is 2.35. The van der Waals surface area contributed by atoms with E-state index in [4.69, 9.17) is 9.11 Å². The molecule has 0 unspecified atom stereocenters. The van der Waals surface area contributed by atoms with Gasteiger partial charge >= 0.3 is 0 Å². The van der Waals surface area contributed by atoms with Crippen LogP contribution in [0.15, 0.2) is 0 Å². The molecule has 128 valence electrons. The van der Waals surface area contributed by atoms with Crippen LogP contribution in [-0.4, -0.2) is 83.2 Å². The first kappa shape index (κ1) is 20.7. The highest BCUT2D eigenvalue weighted by atomic mass is 32.2. The van der Waals surface area contributed by atoms with Gasteiger partial charge in [-0.05, 0) is 13.0 Å². The van der Waals surface area contributed by atoms with E-state index in [1.54, 1.807) is 0 Å². The SMILES string of the molecule is CS(=O)(=O)NCCCN(CCS(=O)(=O)O)CCS(=O)(=O)O. The highest BCUT2D eigenvalue weighted by Crippen LogP contribution is 1.96. The Balaban J connectivity index is 4.37. The Hall–Kier alpha value is -0.310. The highest BCUT2D eigenvalue weighted by Gasteiger charge is 2.14. The quantitative estimate of drug-likeness (QED) is 0.277. The lowest BCUT2D eigenvalue weighted by Gasteiger charge is -2.20. The molecule has 0 rings (SSSR count). The molecule has 0 aliphatic rings. The van der Waals surface area contributed by atoms with E-state index in [1.165, 1.54) is 4.90 Å². The topological polar surface area (TPSA) is 158 Å². The van der Waals surface area contributed by atoms with Crippen molar-refractivity contribution >= 4 is 30.3 Å². The largest absolute Gasteiger partial charge is 0.301 e. The monoisotopic (exact) mass is 368 g/mol. The summed E-state index contributed by atoms with van der Waals surface area (Å²) in [6.07, 6.45) is 1.30. The van der Waals surface area contributed by atoms with E-state index in [-0.39, 0.29) is 26.2 Å². The van der Waals surface area contributed by atoms with E-state index in [0.29, 0.717) is 6.42 Å². The van der Waals surface area contributed by atoms with Gasteiger partial charge in [0.05, 0.1) is 17.8 Å². The summed E-state index contributed by atoms with van der Waals surface area (Å²) in [5.41, 5.74) is 0. The van der Waals surface area contributed by atoms with Gasteiger partial charge in [0.1, 0.15) is 0 Å². The molecular formula is C8H20N2O8S3. The fourth-order valence-corrected chi connectivity index (χ4v) is 2.88. The van der Waals surface area contributed by atoms with Gasteiger partial charge in [-0.3, -0.25) is 9.11 Å². The average Bonchev–Trinajstić information content (AvgIpc) is 2.22. The number of hydrogen-bond acceptors (Lipinski definition) is 7. The lowest BCUT2D eigenvalue weighted by atomic mass is 10.4. The summed E-state index contributed by atoms with van der Waals surface area (Å²) in [5.74, 6) is -1.17. The second-order valence-corrected chi connectivity index (χ2v) is 9.41. The van der Waals surface area contributed by atoms with Crippen LogP contribution in [0.1, 0.15) is 6.42 Å². The number of rotatable bonds is 11. The Labute approximate surface area is 125 Å². The van der Waals surface area contributed by atoms with Gasteiger partial charge in [0.15, 0.2) is 0 Å². The van der Waals surface area contributed by atoms with Crippen molar-refractivity contribution in [1.82, 2.24) is 9.62 Å². The number of hydrogen-bond donors (Lipinski definition) is 3. The molecule has 0 atom stereocenters. The summed E-state index contributed by atoms with van der Waals surface area (Å²) in [6.45, 7) is 0.0428. The minimum Gasteiger partial charge on any atom is -0.301 e. The Bertz CT molecular complexity index is 574. The van der Waals surface area contributed by atoms with Crippen LogP contribution in [-0.2, 0) is 30.3 Å². The smallest absolute Gasteiger partial charge is 0.266 e. The van der Waals surface area contributed by atoms with Crippen molar-refractivity contribution in [2.75, 3.05) is 43.9 Å². The lowest BCUT2D eigenvalue weighted by molar-refractivity contribution is 0.297. The standard InChI is InChI=1S/C8H20N2O8S3/c1-19(11,12)9-3-2-4-10(5-7-20(13,14)15)6-8-21(16,17)18/h9H,2-8H2,1H3,(H,13,14,15)(H,16,17,18). The second kappa shape index (κ2) is 8.36. The van der Waals surface area contributed by atoms with Crippen LogP contribution in [0.5, 0.6) is 0 Å². The molecule has 0 radical (unpaired) electrons. The lowest BCUT2D eigenvalue weighted by Crippen LogP contribution is -2.35. The third-order valence-corrected chi connectivity index (χ3v) is 4.47. The van der Waals surface area contributed by atoms with E-state index in [2.05, 4.69) is 4.72 Å². The first-order valence-electron chi connectivity index (χ1n) is 5.86. The molecule has 10 nitrogen and oxygen atoms in total. The van der Waals surface area contributed by atoms with Crippen molar-refractivity contribution in [2.24, 2.45) is 0 Å². The van der Waals surface area contributed by atoms with E-state index in [0.717, 1.165) is 6.26 Å². The molecule has 3 N–H and O–H groups in total. The van der Waals surface area contributed by atoms with Crippen LogP contribution in [0.2, 0.25) is 0 Å². The number of sulfonamides is 1. The number of nitrogens with zero attached hydrogens (tertiary/aromatic N) is 1. The minimum atomic E-state index is -4.19. The van der Waals surface area contributed by atoms with Crippen LogP contribution in [0.3, 0.4) is 0 Å². The van der Waals surface area contributed by atoms with Crippen LogP contribution >= 0.6 is 0 Å². The molecule has 0 aromatic heterocycles. The second-order valence-electron chi connectivity index (χ2n) is 4.43. The van der Waals surface area contributed by atoms with E-state index in [9.17, 15) is 25.3 Å². The van der Waals surface area contributed by atoms with Crippen molar-refractivity contribution in [2.45, 2.75) is 6.42 Å². The van der Waals surface area contributed by atoms with Crippen LogP contribution < -0.4 is 4.72 Å². The van der Waals surface area contributed by atoms with E-state index in [1.807, 2.05) is 0 Å². The molecule has 0 aromatic carbocycles. The fourth-order valence-electron chi connectivity index (χ4n) is 1.38. The van der Waals surface area contributed by atoms with Gasteiger partial charge in [-0.1, -0.05) is 0 Å². The van der Waals surface area contributed by atoms with Crippen molar-refractivity contribution in [3.8, 4) is 0 Å². The van der Waals surface area contributed by atoms with Crippen molar-refractivity contribution in [3.63, 3.8) is 0 Å². The summed E-state index contributed by atoms with van der Waals surface area (Å²) in [4.78, 5) is 1.39. The van der Waals surface area contributed by atoms with Crippen molar-refractivity contribution < 1.29 is 34.4 Å². The molecule has 21 heavy (non-hydrogen) atoms. The number of nitrogens with one attached hydrogen (secondary N) is 1. The molecule has 0 fully saturated rings. The summed E-state index contributed by atoms with van der Waals surface area (Å²) in [5, 5.41) is 0. The maximum Gasteiger partial charge on any atom is 0.266 e. The van der Waals surface area contributed by atoms with Gasteiger partial charge < -0.3 is 4.90 Å². The Morgan fingerprint density at radius 2 is 1.29 bits per heavy atom. The Morgan fingerprint density at radius 3 is 1.62 bits per heavy atom. The van der Waals surface area contributed by atoms with Crippen LogP contribution in [0.25, 0.3) is 0 Å². The molecule has 0 spiro atoms. The maximum absolute atomic E-state index is 10.8. The predicted molar refractivity (Wildman–Crippen MR) is 76.7 cm³/mol. The molecular weight excluding hydrogens is 348 g/mol. The fraction of sp³-hybridized carbons (Fsp3) is 1.00. The highest BCUT2D eigenvalue weighted by molar-refractivity contribution is 7.88. The third kappa shape index (κ3) is 15.9. The maximum atomic E-state index is 10.8. The molecule has 0 aromatic rings. The predicted octanol–water partition coefficient (Wildman–Crippen LogP) is -2.00. The molecule has 0 saturated heterocycles. The first-order chi connectivity index (χ1) is 9.29. The minimum absolute atomic E-state index is 0.104. The normalized spacial score (nSPS) is 13.7. The van der Waals surface area contributed by atoms with Gasteiger partial charge in [-0.25, -0.2) is 13.1 Å². The molecule has 0 bridgehead atoms. The van der Waals surface area contributed by atoms with Crippen LogP contribution in [0, 0.1) is 0 Å². The first-order valence-corrected chi connectivity index (χ1v) is 11.0. The van der Waals surface area contributed by atoms with Gasteiger partial charge in [-0.15, -0.1) is 0 Å².